The zero-order valence-electron chi connectivity index (χ0n) is 15.1. The van der Waals surface area contributed by atoms with Gasteiger partial charge in [0.25, 0.3) is 0 Å². The molecule has 3 rings (SSSR count). The van der Waals surface area contributed by atoms with Crippen LogP contribution < -0.4 is 5.14 Å². The second-order valence-electron chi connectivity index (χ2n) is 4.76. The number of hydrogen-bond acceptors (Lipinski definition) is 5. The fourth-order valence-corrected chi connectivity index (χ4v) is 2.12. The van der Waals surface area contributed by atoms with E-state index in [4.69, 9.17) is 0 Å². The molecule has 0 aliphatic rings. The second-order valence-corrected chi connectivity index (χ2v) is 6.08. The fraction of sp³-hybridized carbons (Fsp3) is 0.222. The molecule has 0 amide bonds. The molecule has 1 aromatic heterocycles. The van der Waals surface area contributed by atoms with Crippen LogP contribution in [0.5, 0.6) is 0 Å². The third kappa shape index (κ3) is 7.14. The number of rotatable bonds is 4. The fourth-order valence-electron chi connectivity index (χ4n) is 2.12. The van der Waals surface area contributed by atoms with Crippen LogP contribution in [-0.4, -0.2) is 30.3 Å². The lowest BCUT2D eigenvalue weighted by atomic mass is 9.99. The standard InChI is InChI=1S/C15H13N3.C2H6.CH5NO3S/c1-3-7-13(8-4-1)15(18-12-16-11-17-18)14-9-5-2-6-10-14;1-2;1-5-6(2,3)4/h1-12,15H;1-2H3;1H3,(H2,2,3,4). The molecule has 140 valence electrons. The highest BCUT2D eigenvalue weighted by molar-refractivity contribution is 7.84. The van der Waals surface area contributed by atoms with Crippen molar-refractivity contribution in [3.05, 3.63) is 84.4 Å². The lowest BCUT2D eigenvalue weighted by Crippen LogP contribution is -2.12. The van der Waals surface area contributed by atoms with Gasteiger partial charge in [-0.3, -0.25) is 4.18 Å². The minimum absolute atomic E-state index is 0.0786. The van der Waals surface area contributed by atoms with Gasteiger partial charge < -0.3 is 0 Å². The Kier molecular flexibility index (Phi) is 9.21. The maximum atomic E-state index is 9.56. The van der Waals surface area contributed by atoms with Gasteiger partial charge in [0.15, 0.2) is 0 Å². The van der Waals surface area contributed by atoms with Crippen molar-refractivity contribution in [3.63, 3.8) is 0 Å². The molecule has 0 aliphatic carbocycles. The largest absolute Gasteiger partial charge is 0.333 e. The van der Waals surface area contributed by atoms with Crippen LogP contribution in [0.15, 0.2) is 73.3 Å². The summed E-state index contributed by atoms with van der Waals surface area (Å²) in [6.45, 7) is 4.00. The Balaban J connectivity index is 0.000000363. The summed E-state index contributed by atoms with van der Waals surface area (Å²) in [6, 6.07) is 20.7. The predicted molar refractivity (Wildman–Crippen MR) is 102 cm³/mol. The lowest BCUT2D eigenvalue weighted by molar-refractivity contribution is 0.399. The molecule has 0 bridgehead atoms. The highest BCUT2D eigenvalue weighted by Crippen LogP contribution is 2.24. The Bertz CT molecular complexity index is 784. The van der Waals surface area contributed by atoms with Crippen molar-refractivity contribution < 1.29 is 12.6 Å². The SMILES string of the molecule is CC.COS(N)(=O)=O.c1ccc(C(c2ccccc2)n2cncn2)cc1. The molecule has 8 heteroatoms. The summed E-state index contributed by atoms with van der Waals surface area (Å²) in [5.74, 6) is 0. The average molecular weight is 376 g/mol. The molecule has 0 radical (unpaired) electrons. The number of nitrogens with zero attached hydrogens (tertiary/aromatic N) is 3. The first-order valence-electron chi connectivity index (χ1n) is 8.03. The van der Waals surface area contributed by atoms with Gasteiger partial charge >= 0.3 is 10.3 Å². The molecule has 0 aliphatic heterocycles. The quantitative estimate of drug-likeness (QED) is 0.755. The number of benzene rings is 2. The second kappa shape index (κ2) is 11.1. The lowest BCUT2D eigenvalue weighted by Gasteiger charge is -2.17. The van der Waals surface area contributed by atoms with E-state index in [1.165, 1.54) is 11.1 Å². The molecule has 26 heavy (non-hydrogen) atoms. The van der Waals surface area contributed by atoms with Crippen LogP contribution in [0.1, 0.15) is 31.0 Å². The van der Waals surface area contributed by atoms with Gasteiger partial charge in [-0.05, 0) is 11.1 Å². The molecule has 0 spiro atoms. The Hall–Kier alpha value is -2.55. The highest BCUT2D eigenvalue weighted by Gasteiger charge is 2.15. The van der Waals surface area contributed by atoms with Gasteiger partial charge in [0, 0.05) is 0 Å². The van der Waals surface area contributed by atoms with Crippen molar-refractivity contribution in [2.75, 3.05) is 7.11 Å². The van der Waals surface area contributed by atoms with E-state index in [1.54, 1.807) is 12.7 Å². The van der Waals surface area contributed by atoms with E-state index in [2.05, 4.69) is 43.7 Å². The van der Waals surface area contributed by atoms with E-state index in [1.807, 2.05) is 54.9 Å². The first-order chi connectivity index (χ1) is 12.5. The third-order valence-electron chi connectivity index (χ3n) is 3.16. The van der Waals surface area contributed by atoms with Crippen LogP contribution in [0.4, 0.5) is 0 Å². The van der Waals surface area contributed by atoms with Crippen molar-refractivity contribution in [2.45, 2.75) is 19.9 Å². The van der Waals surface area contributed by atoms with E-state index < -0.39 is 10.3 Å². The predicted octanol–water partition coefficient (Wildman–Crippen LogP) is 2.78. The van der Waals surface area contributed by atoms with Gasteiger partial charge in [0.05, 0.1) is 7.11 Å². The Morgan fingerprint density at radius 3 is 1.69 bits per heavy atom. The van der Waals surface area contributed by atoms with Crippen molar-refractivity contribution >= 4 is 10.3 Å². The van der Waals surface area contributed by atoms with E-state index >= 15 is 0 Å². The zero-order chi connectivity index (χ0) is 19.4. The Morgan fingerprint density at radius 1 is 0.962 bits per heavy atom. The zero-order valence-corrected chi connectivity index (χ0v) is 15.9. The van der Waals surface area contributed by atoms with Crippen LogP contribution in [0.25, 0.3) is 0 Å². The van der Waals surface area contributed by atoms with Crippen LogP contribution in [0, 0.1) is 0 Å². The molecule has 0 saturated heterocycles. The number of nitrogens with two attached hydrogens (primary N) is 1. The smallest absolute Gasteiger partial charge is 0.262 e. The molecule has 0 saturated carbocycles. The number of aromatic nitrogens is 3. The van der Waals surface area contributed by atoms with Crippen LogP contribution in [-0.2, 0) is 14.5 Å². The van der Waals surface area contributed by atoms with Crippen LogP contribution in [0.3, 0.4) is 0 Å². The molecule has 2 N–H and O–H groups in total. The molecule has 2 aromatic carbocycles. The van der Waals surface area contributed by atoms with Gasteiger partial charge in [-0.1, -0.05) is 74.5 Å². The summed E-state index contributed by atoms with van der Waals surface area (Å²) < 4.78 is 24.7. The summed E-state index contributed by atoms with van der Waals surface area (Å²) >= 11 is 0. The van der Waals surface area contributed by atoms with Crippen molar-refractivity contribution in [3.8, 4) is 0 Å². The molecule has 0 unspecified atom stereocenters. The minimum Gasteiger partial charge on any atom is -0.262 e. The summed E-state index contributed by atoms with van der Waals surface area (Å²) in [7, 11) is -2.67. The van der Waals surface area contributed by atoms with Crippen molar-refractivity contribution in [1.82, 2.24) is 14.8 Å². The van der Waals surface area contributed by atoms with Gasteiger partial charge in [0.2, 0.25) is 0 Å². The van der Waals surface area contributed by atoms with E-state index in [0.29, 0.717) is 0 Å². The summed E-state index contributed by atoms with van der Waals surface area (Å²) in [5.41, 5.74) is 2.41. The minimum atomic E-state index is -3.66. The van der Waals surface area contributed by atoms with Gasteiger partial charge in [-0.15, -0.1) is 0 Å². The van der Waals surface area contributed by atoms with E-state index in [0.717, 1.165) is 7.11 Å². The Morgan fingerprint density at radius 2 is 1.38 bits per heavy atom. The van der Waals surface area contributed by atoms with E-state index in [-0.39, 0.29) is 6.04 Å². The monoisotopic (exact) mass is 376 g/mol. The van der Waals surface area contributed by atoms with Crippen LogP contribution >= 0.6 is 0 Å². The van der Waals surface area contributed by atoms with Crippen molar-refractivity contribution in [2.24, 2.45) is 5.14 Å². The molecular formula is C18H24N4O3S. The van der Waals surface area contributed by atoms with E-state index in [9.17, 15) is 8.42 Å². The molecule has 7 nitrogen and oxygen atoms in total. The maximum absolute atomic E-state index is 9.56. The number of hydrogen-bond donors (Lipinski definition) is 1. The summed E-state index contributed by atoms with van der Waals surface area (Å²) in [5, 5.41) is 8.56. The molecule has 0 atom stereocenters. The molecule has 1 heterocycles. The van der Waals surface area contributed by atoms with Crippen molar-refractivity contribution in [1.29, 1.82) is 0 Å². The third-order valence-corrected chi connectivity index (χ3v) is 3.63. The topological polar surface area (TPSA) is 100 Å². The summed E-state index contributed by atoms with van der Waals surface area (Å²) in [4.78, 5) is 4.05. The average Bonchev–Trinajstić information content (AvgIpc) is 3.20. The van der Waals surface area contributed by atoms with Gasteiger partial charge in [-0.25, -0.2) is 14.8 Å². The first kappa shape index (κ1) is 21.5. The Labute approximate surface area is 154 Å². The maximum Gasteiger partial charge on any atom is 0.333 e. The van der Waals surface area contributed by atoms with Gasteiger partial charge in [0.1, 0.15) is 18.7 Å². The molecule has 0 fully saturated rings. The van der Waals surface area contributed by atoms with Gasteiger partial charge in [-0.2, -0.15) is 13.5 Å². The van der Waals surface area contributed by atoms with Crippen LogP contribution in [0.2, 0.25) is 0 Å². The molecule has 3 aromatic rings. The normalized spacial score (nSPS) is 10.3. The highest BCUT2D eigenvalue weighted by atomic mass is 32.2. The summed E-state index contributed by atoms with van der Waals surface area (Å²) in [6.07, 6.45) is 3.32. The first-order valence-corrected chi connectivity index (χ1v) is 9.51. The molecular weight excluding hydrogens is 352 g/mol.